The molecular formula is C18H25N5O3S. The van der Waals surface area contributed by atoms with Gasteiger partial charge in [0.25, 0.3) is 0 Å². The second-order valence-corrected chi connectivity index (χ2v) is 7.08. The van der Waals surface area contributed by atoms with Crippen molar-refractivity contribution in [1.82, 2.24) is 24.6 Å². The summed E-state index contributed by atoms with van der Waals surface area (Å²) >= 11 is 1.34. The van der Waals surface area contributed by atoms with Crippen molar-refractivity contribution in [2.45, 2.75) is 44.9 Å². The Kier molecular flexibility index (Phi) is 8.25. The molecule has 9 heteroatoms. The molecule has 0 aliphatic rings. The van der Waals surface area contributed by atoms with Crippen LogP contribution < -0.4 is 0 Å². The first kappa shape index (κ1) is 20.9. The fourth-order valence-corrected chi connectivity index (χ4v) is 3.32. The molecule has 0 bridgehead atoms. The number of nitrogens with zero attached hydrogens (tertiary/aromatic N) is 5. The van der Waals surface area contributed by atoms with Gasteiger partial charge in [0, 0.05) is 31.5 Å². The summed E-state index contributed by atoms with van der Waals surface area (Å²) in [5.74, 6) is -0.172. The molecule has 0 aliphatic heterocycles. The molecule has 2 aromatic rings. The smallest absolute Gasteiger partial charge is 0.307 e. The first-order chi connectivity index (χ1) is 13.0. The largest absolute Gasteiger partial charge is 0.466 e. The Bertz CT molecular complexity index is 736. The monoisotopic (exact) mass is 391 g/mol. The summed E-state index contributed by atoms with van der Waals surface area (Å²) in [6.45, 7) is 6.84. The third-order valence-corrected chi connectivity index (χ3v) is 4.70. The van der Waals surface area contributed by atoms with Crippen LogP contribution in [0.2, 0.25) is 0 Å². The van der Waals surface area contributed by atoms with Crippen molar-refractivity contribution >= 4 is 23.6 Å². The zero-order valence-electron chi connectivity index (χ0n) is 15.9. The van der Waals surface area contributed by atoms with Crippen LogP contribution in [0.4, 0.5) is 0 Å². The lowest BCUT2D eigenvalue weighted by atomic mass is 10.2. The normalized spacial score (nSPS) is 10.8. The van der Waals surface area contributed by atoms with E-state index in [0.717, 1.165) is 5.56 Å². The molecule has 146 valence electrons. The minimum absolute atomic E-state index is 0.0774. The van der Waals surface area contributed by atoms with Gasteiger partial charge in [-0.15, -0.1) is 10.2 Å². The maximum absolute atomic E-state index is 12.8. The second-order valence-electron chi connectivity index (χ2n) is 6.13. The number of thioether (sulfide) groups is 1. The lowest BCUT2D eigenvalue weighted by molar-refractivity contribution is -0.144. The molecule has 0 N–H and O–H groups in total. The second kappa shape index (κ2) is 10.7. The van der Waals surface area contributed by atoms with Crippen LogP contribution in [-0.2, 0) is 20.9 Å². The third-order valence-electron chi connectivity index (χ3n) is 3.76. The lowest BCUT2D eigenvalue weighted by Crippen LogP contribution is -2.34. The number of aromatic nitrogens is 4. The predicted molar refractivity (Wildman–Crippen MR) is 102 cm³/mol. The highest BCUT2D eigenvalue weighted by atomic mass is 32.2. The van der Waals surface area contributed by atoms with Crippen LogP contribution in [0.25, 0.3) is 0 Å². The SMILES string of the molecule is CCOC(=O)CCN(Cc1cccnc1)C(=O)CSc1nncn1C(C)C. The Morgan fingerprint density at radius 1 is 1.37 bits per heavy atom. The van der Waals surface area contributed by atoms with E-state index in [0.29, 0.717) is 24.9 Å². The lowest BCUT2D eigenvalue weighted by Gasteiger charge is -2.22. The van der Waals surface area contributed by atoms with E-state index in [-0.39, 0.29) is 30.1 Å². The summed E-state index contributed by atoms with van der Waals surface area (Å²) in [5, 5.41) is 8.68. The molecule has 0 aliphatic carbocycles. The molecule has 0 saturated heterocycles. The summed E-state index contributed by atoms with van der Waals surface area (Å²) in [7, 11) is 0. The summed E-state index contributed by atoms with van der Waals surface area (Å²) in [5.41, 5.74) is 0.907. The molecule has 2 aromatic heterocycles. The number of rotatable bonds is 10. The number of ether oxygens (including phenoxy) is 1. The van der Waals surface area contributed by atoms with Gasteiger partial charge in [0.1, 0.15) is 6.33 Å². The van der Waals surface area contributed by atoms with E-state index < -0.39 is 0 Å². The van der Waals surface area contributed by atoms with Crippen LogP contribution in [0, 0.1) is 0 Å². The van der Waals surface area contributed by atoms with Crippen LogP contribution in [0.1, 0.15) is 38.8 Å². The average molecular weight is 391 g/mol. The van der Waals surface area contributed by atoms with Crippen LogP contribution in [0.15, 0.2) is 36.0 Å². The molecule has 8 nitrogen and oxygen atoms in total. The first-order valence-electron chi connectivity index (χ1n) is 8.85. The van der Waals surface area contributed by atoms with E-state index in [1.807, 2.05) is 30.5 Å². The van der Waals surface area contributed by atoms with Crippen LogP contribution in [-0.4, -0.2) is 55.4 Å². The molecule has 2 heterocycles. The zero-order chi connectivity index (χ0) is 19.6. The molecule has 0 atom stereocenters. The molecule has 0 unspecified atom stereocenters. The minimum Gasteiger partial charge on any atom is -0.466 e. The highest BCUT2D eigenvalue weighted by Gasteiger charge is 2.18. The van der Waals surface area contributed by atoms with Gasteiger partial charge in [-0.3, -0.25) is 14.6 Å². The molecule has 0 spiro atoms. The standard InChI is InChI=1S/C18H25N5O3S/c1-4-26-17(25)7-9-22(11-15-6-5-8-19-10-15)16(24)12-27-18-21-20-13-23(18)14(2)3/h5-6,8,10,13-14H,4,7,9,11-12H2,1-3H3. The van der Waals surface area contributed by atoms with Crippen molar-refractivity contribution in [3.8, 4) is 0 Å². The van der Waals surface area contributed by atoms with Crippen molar-refractivity contribution in [3.05, 3.63) is 36.4 Å². The van der Waals surface area contributed by atoms with Crippen LogP contribution in [0.3, 0.4) is 0 Å². The van der Waals surface area contributed by atoms with E-state index in [1.165, 1.54) is 11.8 Å². The first-order valence-corrected chi connectivity index (χ1v) is 9.84. The van der Waals surface area contributed by atoms with Crippen molar-refractivity contribution in [3.63, 3.8) is 0 Å². The van der Waals surface area contributed by atoms with Crippen molar-refractivity contribution in [1.29, 1.82) is 0 Å². The van der Waals surface area contributed by atoms with Gasteiger partial charge in [-0.25, -0.2) is 0 Å². The molecule has 1 amide bonds. The zero-order valence-corrected chi connectivity index (χ0v) is 16.7. The summed E-state index contributed by atoms with van der Waals surface area (Å²) in [4.78, 5) is 30.2. The maximum atomic E-state index is 12.8. The molecule has 0 aromatic carbocycles. The number of carbonyl (C=O) groups excluding carboxylic acids is 2. The third kappa shape index (κ3) is 6.67. The van der Waals surface area contributed by atoms with E-state index >= 15 is 0 Å². The van der Waals surface area contributed by atoms with Crippen molar-refractivity contribution in [2.75, 3.05) is 18.9 Å². The van der Waals surface area contributed by atoms with Gasteiger partial charge in [-0.2, -0.15) is 0 Å². The van der Waals surface area contributed by atoms with Gasteiger partial charge < -0.3 is 14.2 Å². The van der Waals surface area contributed by atoms with E-state index in [4.69, 9.17) is 4.74 Å². The Morgan fingerprint density at radius 2 is 2.19 bits per heavy atom. The number of hydrogen-bond acceptors (Lipinski definition) is 7. The van der Waals surface area contributed by atoms with Gasteiger partial charge in [0.2, 0.25) is 5.91 Å². The number of amides is 1. The Labute approximate surface area is 163 Å². The van der Waals surface area contributed by atoms with Gasteiger partial charge in [-0.1, -0.05) is 17.8 Å². The van der Waals surface area contributed by atoms with Gasteiger partial charge >= 0.3 is 5.97 Å². The van der Waals surface area contributed by atoms with Crippen LogP contribution >= 0.6 is 11.8 Å². The predicted octanol–water partition coefficient (Wildman–Crippen LogP) is 2.33. The van der Waals surface area contributed by atoms with Crippen molar-refractivity contribution in [2.24, 2.45) is 0 Å². The van der Waals surface area contributed by atoms with E-state index in [2.05, 4.69) is 15.2 Å². The highest BCUT2D eigenvalue weighted by Crippen LogP contribution is 2.19. The van der Waals surface area contributed by atoms with E-state index in [9.17, 15) is 9.59 Å². The average Bonchev–Trinajstić information content (AvgIpc) is 3.13. The van der Waals surface area contributed by atoms with E-state index in [1.54, 1.807) is 30.5 Å². The van der Waals surface area contributed by atoms with Crippen molar-refractivity contribution < 1.29 is 14.3 Å². The molecular weight excluding hydrogens is 366 g/mol. The van der Waals surface area contributed by atoms with Gasteiger partial charge in [0.05, 0.1) is 18.8 Å². The van der Waals surface area contributed by atoms with Gasteiger partial charge in [-0.05, 0) is 32.4 Å². The fraction of sp³-hybridized carbons (Fsp3) is 0.500. The Balaban J connectivity index is 2.00. The summed E-state index contributed by atoms with van der Waals surface area (Å²) in [6, 6.07) is 3.94. The number of pyridine rings is 1. The van der Waals surface area contributed by atoms with Crippen LogP contribution in [0.5, 0.6) is 0 Å². The number of carbonyl (C=O) groups is 2. The quantitative estimate of drug-likeness (QED) is 0.453. The molecule has 2 rings (SSSR count). The Hall–Kier alpha value is -2.42. The minimum atomic E-state index is -0.311. The summed E-state index contributed by atoms with van der Waals surface area (Å²) in [6.07, 6.45) is 5.22. The molecule has 0 saturated carbocycles. The maximum Gasteiger partial charge on any atom is 0.307 e. The number of hydrogen-bond donors (Lipinski definition) is 0. The highest BCUT2D eigenvalue weighted by molar-refractivity contribution is 7.99. The topological polar surface area (TPSA) is 90.2 Å². The Morgan fingerprint density at radius 3 is 2.85 bits per heavy atom. The fourth-order valence-electron chi connectivity index (χ4n) is 2.37. The van der Waals surface area contributed by atoms with Gasteiger partial charge in [0.15, 0.2) is 5.16 Å². The number of esters is 1. The molecule has 0 radical (unpaired) electrons. The summed E-state index contributed by atoms with van der Waals surface area (Å²) < 4.78 is 6.89. The molecule has 0 fully saturated rings. The molecule has 27 heavy (non-hydrogen) atoms.